The van der Waals surface area contributed by atoms with Crippen LogP contribution < -0.4 is 10.9 Å². The molecule has 4 aromatic rings. The summed E-state index contributed by atoms with van der Waals surface area (Å²) in [4.78, 5) is 34.7. The quantitative estimate of drug-likeness (QED) is 0.301. The van der Waals surface area contributed by atoms with Gasteiger partial charge in [0.2, 0.25) is 5.91 Å². The number of aromatic nitrogens is 3. The SMILES string of the molecule is Cc1ccc(-n2c(SCC(=O)Nc3nc(C)c(Cl)cc3Cl)nc3ccccc3c2=O)cc1. The van der Waals surface area contributed by atoms with Crippen LogP contribution >= 0.6 is 35.0 Å². The molecule has 2 heterocycles. The van der Waals surface area contributed by atoms with E-state index in [0.717, 1.165) is 17.3 Å². The molecule has 4 rings (SSSR count). The van der Waals surface area contributed by atoms with Gasteiger partial charge in [0.1, 0.15) is 0 Å². The summed E-state index contributed by atoms with van der Waals surface area (Å²) in [5.74, 6) is -0.0818. The second-order valence-electron chi connectivity index (χ2n) is 7.11. The Balaban J connectivity index is 1.66. The third-order valence-corrected chi connectivity index (χ3v) is 6.34. The summed E-state index contributed by atoms with van der Waals surface area (Å²) in [6, 6.07) is 16.2. The maximum atomic E-state index is 13.3. The molecule has 0 spiro atoms. The number of nitrogens with zero attached hydrogens (tertiary/aromatic N) is 3. The van der Waals surface area contributed by atoms with Gasteiger partial charge in [0.05, 0.1) is 38.1 Å². The van der Waals surface area contributed by atoms with Gasteiger partial charge in [-0.1, -0.05) is 64.8 Å². The minimum absolute atomic E-state index is 0.0102. The molecule has 6 nitrogen and oxygen atoms in total. The van der Waals surface area contributed by atoms with Crippen LogP contribution in [0, 0.1) is 13.8 Å². The summed E-state index contributed by atoms with van der Waals surface area (Å²) in [6.45, 7) is 3.70. The van der Waals surface area contributed by atoms with Gasteiger partial charge in [0, 0.05) is 0 Å². The number of amides is 1. The molecule has 0 aliphatic rings. The van der Waals surface area contributed by atoms with Crippen molar-refractivity contribution in [3.8, 4) is 5.69 Å². The van der Waals surface area contributed by atoms with E-state index in [1.807, 2.05) is 37.3 Å². The Morgan fingerprint density at radius 2 is 1.75 bits per heavy atom. The topological polar surface area (TPSA) is 76.9 Å². The highest BCUT2D eigenvalue weighted by Crippen LogP contribution is 2.26. The molecular formula is C23H18Cl2N4O2S. The van der Waals surface area contributed by atoms with Crippen molar-refractivity contribution in [1.29, 1.82) is 0 Å². The number of aryl methyl sites for hydroxylation is 2. The fourth-order valence-corrected chi connectivity index (χ4v) is 4.29. The molecule has 2 aromatic heterocycles. The van der Waals surface area contributed by atoms with Crippen molar-refractivity contribution in [2.24, 2.45) is 0 Å². The van der Waals surface area contributed by atoms with Gasteiger partial charge < -0.3 is 5.32 Å². The number of hydrogen-bond donors (Lipinski definition) is 1. The zero-order valence-electron chi connectivity index (χ0n) is 17.2. The Morgan fingerprint density at radius 3 is 2.50 bits per heavy atom. The summed E-state index contributed by atoms with van der Waals surface area (Å²) >= 11 is 13.3. The first-order valence-electron chi connectivity index (χ1n) is 9.67. The van der Waals surface area contributed by atoms with Gasteiger partial charge in [-0.3, -0.25) is 14.2 Å². The van der Waals surface area contributed by atoms with Gasteiger partial charge >= 0.3 is 0 Å². The monoisotopic (exact) mass is 484 g/mol. The molecule has 9 heteroatoms. The first-order chi connectivity index (χ1) is 15.3. The lowest BCUT2D eigenvalue weighted by molar-refractivity contribution is -0.113. The minimum Gasteiger partial charge on any atom is -0.309 e. The number of carbonyl (C=O) groups excluding carboxylic acids is 1. The van der Waals surface area contributed by atoms with Crippen molar-refractivity contribution >= 4 is 57.6 Å². The van der Waals surface area contributed by atoms with Gasteiger partial charge in [-0.05, 0) is 44.2 Å². The van der Waals surface area contributed by atoms with Crippen molar-refractivity contribution in [1.82, 2.24) is 14.5 Å². The third kappa shape index (κ3) is 4.65. The Hall–Kier alpha value is -2.87. The van der Waals surface area contributed by atoms with Crippen LogP contribution in [-0.4, -0.2) is 26.2 Å². The number of rotatable bonds is 5. The zero-order valence-corrected chi connectivity index (χ0v) is 19.6. The lowest BCUT2D eigenvalue weighted by Gasteiger charge is -2.13. The Kier molecular flexibility index (Phi) is 6.50. The van der Waals surface area contributed by atoms with Gasteiger partial charge in [-0.2, -0.15) is 0 Å². The van der Waals surface area contributed by atoms with Crippen LogP contribution in [0.4, 0.5) is 5.82 Å². The van der Waals surface area contributed by atoms with Crippen molar-refractivity contribution in [3.05, 3.63) is 86.3 Å². The normalized spacial score (nSPS) is 11.0. The van der Waals surface area contributed by atoms with Crippen LogP contribution in [0.3, 0.4) is 0 Å². The van der Waals surface area contributed by atoms with E-state index in [-0.39, 0.29) is 28.1 Å². The number of para-hydroxylation sites is 1. The fourth-order valence-electron chi connectivity index (χ4n) is 3.08. The molecular weight excluding hydrogens is 467 g/mol. The molecule has 0 radical (unpaired) electrons. The summed E-state index contributed by atoms with van der Waals surface area (Å²) in [6.07, 6.45) is 0. The van der Waals surface area contributed by atoms with Crippen LogP contribution in [0.15, 0.2) is 64.5 Å². The van der Waals surface area contributed by atoms with E-state index in [1.165, 1.54) is 10.6 Å². The molecule has 32 heavy (non-hydrogen) atoms. The standard InChI is InChI=1S/C23H18Cl2N4O2S/c1-13-7-9-15(10-8-13)29-22(31)16-5-3-4-6-19(16)27-23(29)32-12-20(30)28-21-18(25)11-17(24)14(2)26-21/h3-11H,12H2,1-2H3,(H,26,28,30). The van der Waals surface area contributed by atoms with Crippen molar-refractivity contribution in [3.63, 3.8) is 0 Å². The summed E-state index contributed by atoms with van der Waals surface area (Å²) < 4.78 is 1.53. The molecule has 0 bridgehead atoms. The van der Waals surface area contributed by atoms with Gasteiger partial charge in [0.15, 0.2) is 11.0 Å². The number of halogens is 2. The Bertz CT molecular complexity index is 1390. The van der Waals surface area contributed by atoms with E-state index in [1.54, 1.807) is 25.1 Å². The van der Waals surface area contributed by atoms with Crippen LogP contribution in [0.1, 0.15) is 11.3 Å². The molecule has 0 unspecified atom stereocenters. The molecule has 2 aromatic carbocycles. The molecule has 1 N–H and O–H groups in total. The molecule has 162 valence electrons. The number of nitrogens with one attached hydrogen (secondary N) is 1. The van der Waals surface area contributed by atoms with Crippen molar-refractivity contribution in [2.45, 2.75) is 19.0 Å². The van der Waals surface area contributed by atoms with Gasteiger partial charge in [0.25, 0.3) is 5.56 Å². The summed E-state index contributed by atoms with van der Waals surface area (Å²) in [5.41, 5.74) is 2.69. The number of pyridine rings is 1. The second kappa shape index (κ2) is 9.32. The van der Waals surface area contributed by atoms with Crippen LogP contribution in [0.5, 0.6) is 0 Å². The highest BCUT2D eigenvalue weighted by molar-refractivity contribution is 7.99. The zero-order chi connectivity index (χ0) is 22.8. The third-order valence-electron chi connectivity index (χ3n) is 4.73. The van der Waals surface area contributed by atoms with E-state index in [0.29, 0.717) is 32.5 Å². The largest absolute Gasteiger partial charge is 0.309 e. The van der Waals surface area contributed by atoms with Gasteiger partial charge in [-0.15, -0.1) is 0 Å². The van der Waals surface area contributed by atoms with E-state index in [4.69, 9.17) is 23.2 Å². The average Bonchev–Trinajstić information content (AvgIpc) is 2.77. The second-order valence-corrected chi connectivity index (χ2v) is 8.87. The molecule has 0 aliphatic carbocycles. The highest BCUT2D eigenvalue weighted by Gasteiger charge is 2.16. The molecule has 0 saturated heterocycles. The van der Waals surface area contributed by atoms with E-state index in [2.05, 4.69) is 15.3 Å². The number of anilines is 1. The predicted octanol–water partition coefficient (Wildman–Crippen LogP) is 5.44. The number of thioether (sulfide) groups is 1. The lowest BCUT2D eigenvalue weighted by Crippen LogP contribution is -2.23. The molecule has 0 saturated carbocycles. The molecule has 0 fully saturated rings. The first kappa shape index (κ1) is 22.3. The predicted molar refractivity (Wildman–Crippen MR) is 130 cm³/mol. The van der Waals surface area contributed by atoms with Crippen LogP contribution in [0.2, 0.25) is 10.0 Å². The molecule has 1 amide bonds. The summed E-state index contributed by atoms with van der Waals surface area (Å²) in [7, 11) is 0. The number of benzene rings is 2. The number of fused-ring (bicyclic) bond motifs is 1. The maximum absolute atomic E-state index is 13.3. The Morgan fingerprint density at radius 1 is 1.03 bits per heavy atom. The highest BCUT2D eigenvalue weighted by atomic mass is 35.5. The van der Waals surface area contributed by atoms with Crippen molar-refractivity contribution < 1.29 is 4.79 Å². The van der Waals surface area contributed by atoms with Crippen LogP contribution in [0.25, 0.3) is 16.6 Å². The smallest absolute Gasteiger partial charge is 0.266 e. The van der Waals surface area contributed by atoms with Crippen molar-refractivity contribution in [2.75, 3.05) is 11.1 Å². The Labute approximate surface area is 198 Å². The van der Waals surface area contributed by atoms with E-state index in [9.17, 15) is 9.59 Å². The first-order valence-corrected chi connectivity index (χ1v) is 11.4. The van der Waals surface area contributed by atoms with E-state index < -0.39 is 0 Å². The van der Waals surface area contributed by atoms with Crippen LogP contribution in [-0.2, 0) is 4.79 Å². The van der Waals surface area contributed by atoms with E-state index >= 15 is 0 Å². The molecule has 0 atom stereocenters. The number of hydrogen-bond acceptors (Lipinski definition) is 5. The number of carbonyl (C=O) groups is 1. The maximum Gasteiger partial charge on any atom is 0.266 e. The fraction of sp³-hybridized carbons (Fsp3) is 0.130. The minimum atomic E-state index is -0.330. The van der Waals surface area contributed by atoms with Gasteiger partial charge in [-0.25, -0.2) is 9.97 Å². The lowest BCUT2D eigenvalue weighted by atomic mass is 10.2. The summed E-state index contributed by atoms with van der Waals surface area (Å²) in [5, 5.41) is 4.29. The average molecular weight is 485 g/mol. The molecule has 0 aliphatic heterocycles.